The maximum absolute atomic E-state index is 13.6. The van der Waals surface area contributed by atoms with Crippen molar-refractivity contribution in [3.8, 4) is 11.1 Å². The third-order valence-corrected chi connectivity index (χ3v) is 11.5. The van der Waals surface area contributed by atoms with E-state index in [4.69, 9.17) is 0 Å². The molecule has 1 atom stereocenters. The van der Waals surface area contributed by atoms with E-state index in [9.17, 15) is 14.7 Å². The summed E-state index contributed by atoms with van der Waals surface area (Å²) in [7, 11) is 0. The maximum atomic E-state index is 13.6. The molecule has 4 fully saturated rings. The number of hydrogen-bond donors (Lipinski definition) is 3. The minimum Gasteiger partial charge on any atom is -0.392 e. The average molecular weight is 699 g/mol. The molecule has 3 N–H and O–H groups in total. The number of aliphatic hydroxyl groups excluding tert-OH is 1. The van der Waals surface area contributed by atoms with Crippen LogP contribution in [0.3, 0.4) is 0 Å². The van der Waals surface area contributed by atoms with Crippen molar-refractivity contribution >= 4 is 23.2 Å². The molecule has 9 heteroatoms. The van der Waals surface area contributed by atoms with Gasteiger partial charge in [0.1, 0.15) is 11.4 Å². The molecule has 2 saturated heterocycles. The van der Waals surface area contributed by atoms with Crippen LogP contribution in [0.2, 0.25) is 0 Å². The number of amides is 2. The minimum absolute atomic E-state index is 0.202. The Morgan fingerprint density at radius 3 is 1.65 bits per heavy atom. The Bertz CT molecular complexity index is 1850. The number of pyridine rings is 2. The van der Waals surface area contributed by atoms with Crippen molar-refractivity contribution in [2.24, 2.45) is 0 Å². The van der Waals surface area contributed by atoms with Crippen LogP contribution in [0.4, 0.5) is 11.4 Å². The van der Waals surface area contributed by atoms with Gasteiger partial charge >= 0.3 is 0 Å². The second-order valence-electron chi connectivity index (χ2n) is 15.5. The zero-order chi connectivity index (χ0) is 35.8. The second-order valence-corrected chi connectivity index (χ2v) is 15.5. The molecule has 2 aliphatic carbocycles. The average Bonchev–Trinajstić information content (AvgIpc) is 4.09. The number of nitrogens with one attached hydrogen (secondary N) is 2. The van der Waals surface area contributed by atoms with Gasteiger partial charge in [0.05, 0.1) is 6.10 Å². The number of nitrogens with zero attached hydrogens (tertiary/aromatic N) is 4. The van der Waals surface area contributed by atoms with Gasteiger partial charge in [-0.15, -0.1) is 0 Å². The fourth-order valence-corrected chi connectivity index (χ4v) is 8.11. The van der Waals surface area contributed by atoms with Crippen molar-refractivity contribution < 1.29 is 14.7 Å². The Morgan fingerprint density at radius 2 is 1.19 bits per heavy atom. The highest BCUT2D eigenvalue weighted by Crippen LogP contribution is 2.43. The normalized spacial score (nSPS) is 19.5. The first-order valence-electron chi connectivity index (χ1n) is 19.2. The number of carbonyl (C=O) groups is 2. The van der Waals surface area contributed by atoms with Gasteiger partial charge in [-0.1, -0.05) is 30.7 Å². The first-order chi connectivity index (χ1) is 25.3. The van der Waals surface area contributed by atoms with E-state index in [1.54, 1.807) is 0 Å². The van der Waals surface area contributed by atoms with E-state index in [-0.39, 0.29) is 17.9 Å². The molecule has 0 spiro atoms. The van der Waals surface area contributed by atoms with Crippen molar-refractivity contribution in [1.82, 2.24) is 19.8 Å². The van der Waals surface area contributed by atoms with E-state index in [2.05, 4.69) is 42.5 Å². The van der Waals surface area contributed by atoms with Crippen LogP contribution in [0.15, 0.2) is 60.9 Å². The first kappa shape index (κ1) is 34.6. The van der Waals surface area contributed by atoms with Gasteiger partial charge in [0, 0.05) is 49.9 Å². The largest absolute Gasteiger partial charge is 0.392 e. The van der Waals surface area contributed by atoms with Gasteiger partial charge in [-0.05, 0) is 152 Å². The van der Waals surface area contributed by atoms with Gasteiger partial charge < -0.3 is 15.7 Å². The van der Waals surface area contributed by atoms with Crippen LogP contribution in [0.25, 0.3) is 11.1 Å². The van der Waals surface area contributed by atoms with Crippen molar-refractivity contribution in [2.75, 3.05) is 36.8 Å². The molecule has 4 aliphatic rings. The lowest BCUT2D eigenvalue weighted by Crippen LogP contribution is -2.29. The lowest BCUT2D eigenvalue weighted by molar-refractivity contribution is 0.101. The molecule has 4 aromatic rings. The maximum Gasteiger partial charge on any atom is 0.274 e. The number of aliphatic hydroxyl groups is 1. The van der Waals surface area contributed by atoms with Crippen molar-refractivity contribution in [3.63, 3.8) is 0 Å². The standard InChI is InChI=1S/C43H50N6O3/c1-27-34(8-6-10-38(27)46-42(51)40-20-36(29-12-13-29)31(22-44-40)24-48-17-4-3-5-18-48)35-9-7-11-39(28(35)2)47-43(52)41-21-37(30-14-15-30)32(23-45-41)25-49-19-16-33(50)26-49/h6-11,20-23,29-30,33,50H,3-5,12-19,24-26H2,1-2H3,(H,46,51)(H,47,52)/t33-/m1/s1. The summed E-state index contributed by atoms with van der Waals surface area (Å²) in [6, 6.07) is 15.9. The van der Waals surface area contributed by atoms with Gasteiger partial charge in [-0.25, -0.2) is 0 Å². The van der Waals surface area contributed by atoms with Crippen LogP contribution in [-0.2, 0) is 13.1 Å². The molecule has 2 amide bonds. The van der Waals surface area contributed by atoms with Crippen LogP contribution >= 0.6 is 0 Å². The molecule has 4 heterocycles. The summed E-state index contributed by atoms with van der Waals surface area (Å²) >= 11 is 0. The highest BCUT2D eigenvalue weighted by atomic mass is 16.3. The van der Waals surface area contributed by atoms with E-state index in [0.29, 0.717) is 29.8 Å². The monoisotopic (exact) mass is 698 g/mol. The number of anilines is 2. The molecule has 0 unspecified atom stereocenters. The molecule has 0 radical (unpaired) electrons. The lowest BCUT2D eigenvalue weighted by atomic mass is 9.94. The molecule has 2 aromatic carbocycles. The van der Waals surface area contributed by atoms with Crippen LogP contribution in [-0.4, -0.2) is 69.0 Å². The Morgan fingerprint density at radius 1 is 0.692 bits per heavy atom. The SMILES string of the molecule is Cc1c(NC(=O)c2cc(C3CC3)c(CN3CCCCC3)cn2)cccc1-c1cccc(NC(=O)c2cc(C3CC3)c(CN3CC[C@@H](O)C3)cn2)c1C. The summed E-state index contributed by atoms with van der Waals surface area (Å²) in [4.78, 5) is 41.3. The quantitative estimate of drug-likeness (QED) is 0.148. The zero-order valence-corrected chi connectivity index (χ0v) is 30.5. The van der Waals surface area contributed by atoms with E-state index in [1.165, 1.54) is 48.8 Å². The highest BCUT2D eigenvalue weighted by molar-refractivity contribution is 6.05. The molecule has 0 bridgehead atoms. The molecule has 2 aliphatic heterocycles. The lowest BCUT2D eigenvalue weighted by Gasteiger charge is -2.27. The fraction of sp³-hybridized carbons (Fsp3) is 0.442. The molecular formula is C43H50N6O3. The van der Waals surface area contributed by atoms with Crippen LogP contribution in [0.1, 0.15) is 118 Å². The molecule has 52 heavy (non-hydrogen) atoms. The topological polar surface area (TPSA) is 111 Å². The van der Waals surface area contributed by atoms with Gasteiger partial charge in [-0.3, -0.25) is 29.4 Å². The number of benzene rings is 2. The van der Waals surface area contributed by atoms with Crippen molar-refractivity contribution in [2.45, 2.75) is 96.2 Å². The number of aromatic nitrogens is 2. The van der Waals surface area contributed by atoms with E-state index < -0.39 is 0 Å². The van der Waals surface area contributed by atoms with Crippen LogP contribution < -0.4 is 10.6 Å². The van der Waals surface area contributed by atoms with Crippen molar-refractivity contribution in [1.29, 1.82) is 0 Å². The fourth-order valence-electron chi connectivity index (χ4n) is 8.11. The van der Waals surface area contributed by atoms with Crippen molar-refractivity contribution in [3.05, 3.63) is 106 Å². The Kier molecular flexibility index (Phi) is 9.92. The molecule has 2 aromatic heterocycles. The molecule has 9 nitrogen and oxygen atoms in total. The van der Waals surface area contributed by atoms with E-state index in [0.717, 1.165) is 91.2 Å². The predicted octanol–water partition coefficient (Wildman–Crippen LogP) is 7.57. The molecule has 2 saturated carbocycles. The number of β-amino-alcohol motifs (C(OH)–C–C–N with tert-alkyl or cyclic N) is 1. The highest BCUT2D eigenvalue weighted by Gasteiger charge is 2.30. The summed E-state index contributed by atoms with van der Waals surface area (Å²) in [5, 5.41) is 16.3. The summed E-state index contributed by atoms with van der Waals surface area (Å²) in [5.41, 5.74) is 11.1. The third-order valence-electron chi connectivity index (χ3n) is 11.5. The summed E-state index contributed by atoms with van der Waals surface area (Å²) < 4.78 is 0. The third kappa shape index (κ3) is 7.68. The number of hydrogen-bond acceptors (Lipinski definition) is 7. The number of carbonyl (C=O) groups excluding carboxylic acids is 2. The predicted molar refractivity (Wildman–Crippen MR) is 205 cm³/mol. The summed E-state index contributed by atoms with van der Waals surface area (Å²) in [5.74, 6) is 0.563. The summed E-state index contributed by atoms with van der Waals surface area (Å²) in [6.45, 7) is 9.53. The first-order valence-corrected chi connectivity index (χ1v) is 19.2. The van der Waals surface area contributed by atoms with Gasteiger partial charge in [0.25, 0.3) is 11.8 Å². The van der Waals surface area contributed by atoms with Crippen LogP contribution in [0.5, 0.6) is 0 Å². The second kappa shape index (κ2) is 14.9. The minimum atomic E-state index is -0.263. The zero-order valence-electron chi connectivity index (χ0n) is 30.5. The molecular weight excluding hydrogens is 649 g/mol. The van der Waals surface area contributed by atoms with Gasteiger partial charge in [0.2, 0.25) is 0 Å². The van der Waals surface area contributed by atoms with Gasteiger partial charge in [0.15, 0.2) is 0 Å². The number of rotatable bonds is 11. The number of piperidine rings is 1. The molecule has 270 valence electrons. The van der Waals surface area contributed by atoms with Crippen LogP contribution in [0, 0.1) is 13.8 Å². The van der Waals surface area contributed by atoms with Gasteiger partial charge in [-0.2, -0.15) is 0 Å². The van der Waals surface area contributed by atoms with E-state index in [1.807, 2.05) is 62.6 Å². The Balaban J connectivity index is 0.979. The van der Waals surface area contributed by atoms with E-state index >= 15 is 0 Å². The smallest absolute Gasteiger partial charge is 0.274 e. The Hall–Kier alpha value is -4.44. The molecule has 8 rings (SSSR count). The number of likely N-dealkylation sites (tertiary alicyclic amines) is 2. The summed E-state index contributed by atoms with van der Waals surface area (Å²) in [6.07, 6.45) is 12.7. The Labute approximate surface area is 306 Å².